The summed E-state index contributed by atoms with van der Waals surface area (Å²) in [5, 5.41) is 9.83. The Morgan fingerprint density at radius 3 is 2.80 bits per heavy atom. The summed E-state index contributed by atoms with van der Waals surface area (Å²) in [5.41, 5.74) is 0.979. The summed E-state index contributed by atoms with van der Waals surface area (Å²) in [6.07, 6.45) is 2.34. The fourth-order valence-electron chi connectivity index (χ4n) is 3.49. The van der Waals surface area contributed by atoms with Crippen molar-refractivity contribution in [3.8, 4) is 0 Å². The molecule has 2 aliphatic rings. The lowest BCUT2D eigenvalue weighted by atomic mass is 10.0. The Morgan fingerprint density at radius 1 is 1.30 bits per heavy atom. The van der Waals surface area contributed by atoms with E-state index in [1.807, 2.05) is 30.3 Å². The van der Waals surface area contributed by atoms with Crippen LogP contribution in [0.5, 0.6) is 0 Å². The van der Waals surface area contributed by atoms with Crippen LogP contribution in [-0.4, -0.2) is 47.3 Å². The van der Waals surface area contributed by atoms with Crippen LogP contribution in [0.2, 0.25) is 0 Å². The summed E-state index contributed by atoms with van der Waals surface area (Å²) in [7, 11) is 2.06. The van der Waals surface area contributed by atoms with Crippen molar-refractivity contribution in [2.24, 2.45) is 0 Å². The lowest BCUT2D eigenvalue weighted by Gasteiger charge is -2.34. The number of carbonyl (C=O) groups excluding carboxylic acids is 1. The Labute approximate surface area is 119 Å². The van der Waals surface area contributed by atoms with Gasteiger partial charge in [0.05, 0.1) is 12.5 Å². The molecule has 1 aromatic carbocycles. The normalized spacial score (nSPS) is 33.1. The highest BCUT2D eigenvalue weighted by Gasteiger charge is 2.46. The largest absolute Gasteiger partial charge is 0.460 e. The molecule has 20 heavy (non-hydrogen) atoms. The van der Waals surface area contributed by atoms with Crippen LogP contribution >= 0.6 is 0 Å². The number of rotatable bonds is 3. The smallest absolute Gasteiger partial charge is 0.310 e. The van der Waals surface area contributed by atoms with Gasteiger partial charge in [-0.1, -0.05) is 30.3 Å². The quantitative estimate of drug-likeness (QED) is 0.847. The monoisotopic (exact) mass is 275 g/mol. The van der Waals surface area contributed by atoms with Gasteiger partial charge in [-0.3, -0.25) is 9.69 Å². The summed E-state index contributed by atoms with van der Waals surface area (Å²) < 4.78 is 5.66. The molecule has 0 aromatic heterocycles. The maximum atomic E-state index is 12.0. The molecule has 4 nitrogen and oxygen atoms in total. The molecule has 0 radical (unpaired) electrons. The maximum Gasteiger partial charge on any atom is 0.310 e. The average molecular weight is 275 g/mol. The van der Waals surface area contributed by atoms with Gasteiger partial charge >= 0.3 is 5.97 Å². The number of ether oxygens (including phenoxy) is 1. The van der Waals surface area contributed by atoms with E-state index in [9.17, 15) is 9.90 Å². The van der Waals surface area contributed by atoms with E-state index in [2.05, 4.69) is 11.9 Å². The Hall–Kier alpha value is -1.39. The van der Waals surface area contributed by atoms with Crippen molar-refractivity contribution < 1.29 is 14.6 Å². The maximum absolute atomic E-state index is 12.0. The Bertz CT molecular complexity index is 476. The first-order chi connectivity index (χ1) is 9.63. The molecule has 1 N–H and O–H groups in total. The summed E-state index contributed by atoms with van der Waals surface area (Å²) in [4.78, 5) is 14.3. The highest BCUT2D eigenvalue weighted by Crippen LogP contribution is 2.36. The number of aliphatic hydroxyl groups is 1. The SMILES string of the molecule is CN1C2CC(O)CC1C(OC(=O)Cc1ccccc1)C2. The lowest BCUT2D eigenvalue weighted by molar-refractivity contribution is -0.149. The number of hydrogen-bond acceptors (Lipinski definition) is 4. The summed E-state index contributed by atoms with van der Waals surface area (Å²) >= 11 is 0. The lowest BCUT2D eigenvalue weighted by Crippen LogP contribution is -2.44. The molecule has 2 heterocycles. The van der Waals surface area contributed by atoms with E-state index < -0.39 is 0 Å². The zero-order chi connectivity index (χ0) is 14.1. The molecule has 0 spiro atoms. The molecular formula is C16H21NO3. The number of likely N-dealkylation sites (N-methyl/N-ethyl adjacent to an activating group) is 1. The Balaban J connectivity index is 1.60. The van der Waals surface area contributed by atoms with Crippen LogP contribution in [0.25, 0.3) is 0 Å². The van der Waals surface area contributed by atoms with Gasteiger partial charge in [-0.15, -0.1) is 0 Å². The highest BCUT2D eigenvalue weighted by molar-refractivity contribution is 5.72. The third-order valence-electron chi connectivity index (χ3n) is 4.56. The molecule has 108 valence electrons. The molecular weight excluding hydrogens is 254 g/mol. The van der Waals surface area contributed by atoms with Crippen molar-refractivity contribution in [1.29, 1.82) is 0 Å². The third-order valence-corrected chi connectivity index (χ3v) is 4.56. The molecule has 1 aromatic rings. The molecule has 2 aliphatic heterocycles. The van der Waals surface area contributed by atoms with Crippen LogP contribution in [0.15, 0.2) is 30.3 Å². The van der Waals surface area contributed by atoms with Gasteiger partial charge in [0.15, 0.2) is 0 Å². The number of nitrogens with zero attached hydrogens (tertiary/aromatic N) is 1. The second-order valence-electron chi connectivity index (χ2n) is 5.94. The van der Waals surface area contributed by atoms with Gasteiger partial charge in [-0.25, -0.2) is 0 Å². The van der Waals surface area contributed by atoms with Crippen LogP contribution in [-0.2, 0) is 16.0 Å². The number of fused-ring (bicyclic) bond motifs is 2. The van der Waals surface area contributed by atoms with E-state index in [-0.39, 0.29) is 24.2 Å². The van der Waals surface area contributed by atoms with E-state index >= 15 is 0 Å². The van der Waals surface area contributed by atoms with Crippen molar-refractivity contribution in [3.63, 3.8) is 0 Å². The molecule has 3 rings (SSSR count). The van der Waals surface area contributed by atoms with E-state index in [0.717, 1.165) is 18.4 Å². The fraction of sp³-hybridized carbons (Fsp3) is 0.562. The molecule has 2 bridgehead atoms. The number of carbonyl (C=O) groups is 1. The van der Waals surface area contributed by atoms with Crippen molar-refractivity contribution >= 4 is 5.97 Å². The predicted molar refractivity (Wildman–Crippen MR) is 75.2 cm³/mol. The molecule has 0 saturated carbocycles. The predicted octanol–water partition coefficient (Wildman–Crippen LogP) is 1.37. The van der Waals surface area contributed by atoms with Crippen molar-refractivity contribution in [2.45, 2.75) is 50.0 Å². The summed E-state index contributed by atoms with van der Waals surface area (Å²) in [6.45, 7) is 0. The third kappa shape index (κ3) is 2.72. The van der Waals surface area contributed by atoms with Crippen LogP contribution in [0.4, 0.5) is 0 Å². The molecule has 4 unspecified atom stereocenters. The minimum atomic E-state index is -0.251. The second-order valence-corrected chi connectivity index (χ2v) is 5.94. The van der Waals surface area contributed by atoms with Gasteiger partial charge in [0.2, 0.25) is 0 Å². The fourth-order valence-corrected chi connectivity index (χ4v) is 3.49. The number of hydrogen-bond donors (Lipinski definition) is 1. The highest BCUT2D eigenvalue weighted by atomic mass is 16.5. The van der Waals surface area contributed by atoms with Crippen LogP contribution < -0.4 is 0 Å². The number of esters is 1. The first kappa shape index (κ1) is 13.6. The number of aliphatic hydroxyl groups excluding tert-OH is 1. The molecule has 2 fully saturated rings. The first-order valence-electron chi connectivity index (χ1n) is 7.27. The Kier molecular flexibility index (Phi) is 3.76. The van der Waals surface area contributed by atoms with Crippen molar-refractivity contribution in [3.05, 3.63) is 35.9 Å². The van der Waals surface area contributed by atoms with Crippen molar-refractivity contribution in [1.82, 2.24) is 4.90 Å². The standard InChI is InChI=1S/C16H21NO3/c1-17-12-8-13(18)10-14(17)15(9-12)20-16(19)7-11-5-3-2-4-6-11/h2-6,12-15,18H,7-10H2,1H3. The minimum Gasteiger partial charge on any atom is -0.460 e. The van der Waals surface area contributed by atoms with Gasteiger partial charge in [-0.2, -0.15) is 0 Å². The molecule has 2 saturated heterocycles. The Morgan fingerprint density at radius 2 is 2.05 bits per heavy atom. The van der Waals surface area contributed by atoms with Crippen LogP contribution in [0.1, 0.15) is 24.8 Å². The average Bonchev–Trinajstić information content (AvgIpc) is 2.60. The number of benzene rings is 1. The zero-order valence-corrected chi connectivity index (χ0v) is 11.7. The van der Waals surface area contributed by atoms with Gasteiger partial charge in [0.25, 0.3) is 0 Å². The molecule has 0 amide bonds. The van der Waals surface area contributed by atoms with Gasteiger partial charge < -0.3 is 9.84 Å². The zero-order valence-electron chi connectivity index (χ0n) is 11.7. The summed E-state index contributed by atoms with van der Waals surface area (Å²) in [6, 6.07) is 10.2. The first-order valence-corrected chi connectivity index (χ1v) is 7.27. The minimum absolute atomic E-state index is 0.0710. The van der Waals surface area contributed by atoms with Gasteiger partial charge in [-0.05, 0) is 25.5 Å². The molecule has 4 atom stereocenters. The summed E-state index contributed by atoms with van der Waals surface area (Å²) in [5.74, 6) is -0.170. The van der Waals surface area contributed by atoms with E-state index in [0.29, 0.717) is 18.9 Å². The molecule has 0 aliphatic carbocycles. The van der Waals surface area contributed by atoms with E-state index in [1.54, 1.807) is 0 Å². The second kappa shape index (κ2) is 5.54. The van der Waals surface area contributed by atoms with Crippen LogP contribution in [0.3, 0.4) is 0 Å². The molecule has 4 heteroatoms. The topological polar surface area (TPSA) is 49.8 Å². The van der Waals surface area contributed by atoms with Crippen molar-refractivity contribution in [2.75, 3.05) is 7.05 Å². The van der Waals surface area contributed by atoms with E-state index in [4.69, 9.17) is 4.74 Å². The number of piperidine rings is 1. The van der Waals surface area contributed by atoms with Gasteiger partial charge in [0.1, 0.15) is 6.10 Å². The van der Waals surface area contributed by atoms with Gasteiger partial charge in [0, 0.05) is 18.5 Å². The van der Waals surface area contributed by atoms with Crippen LogP contribution in [0, 0.1) is 0 Å². The van der Waals surface area contributed by atoms with E-state index in [1.165, 1.54) is 0 Å².